The maximum Gasteiger partial charge on any atom is 0.266 e. The Hall–Kier alpha value is -2.71. The Bertz CT molecular complexity index is 797. The molecule has 0 saturated heterocycles. The van der Waals surface area contributed by atoms with Crippen molar-refractivity contribution in [1.82, 2.24) is 0 Å². The lowest BCUT2D eigenvalue weighted by molar-refractivity contribution is -0.112. The normalized spacial score (nSPS) is 10.9. The van der Waals surface area contributed by atoms with E-state index < -0.39 is 17.5 Å². The molecule has 0 radical (unpaired) electrons. The van der Waals surface area contributed by atoms with Gasteiger partial charge < -0.3 is 5.32 Å². The van der Waals surface area contributed by atoms with Gasteiger partial charge >= 0.3 is 0 Å². The molecule has 0 aliphatic carbocycles. The van der Waals surface area contributed by atoms with E-state index in [0.717, 1.165) is 6.07 Å². The first-order valence-electron chi connectivity index (χ1n) is 6.13. The number of halogens is 3. The molecule has 2 aromatic carbocycles. The van der Waals surface area contributed by atoms with Crippen LogP contribution in [0.4, 0.5) is 14.5 Å². The van der Waals surface area contributed by atoms with Crippen molar-refractivity contribution < 1.29 is 13.6 Å². The van der Waals surface area contributed by atoms with Gasteiger partial charge in [0.05, 0.1) is 5.02 Å². The second-order valence-electron chi connectivity index (χ2n) is 4.31. The van der Waals surface area contributed by atoms with Crippen LogP contribution in [0.5, 0.6) is 0 Å². The fraction of sp³-hybridized carbons (Fsp3) is 0. The average molecular weight is 319 g/mol. The largest absolute Gasteiger partial charge is 0.321 e. The van der Waals surface area contributed by atoms with Gasteiger partial charge in [-0.1, -0.05) is 23.7 Å². The van der Waals surface area contributed by atoms with Gasteiger partial charge in [-0.15, -0.1) is 0 Å². The summed E-state index contributed by atoms with van der Waals surface area (Å²) in [5, 5.41) is 11.3. The summed E-state index contributed by atoms with van der Waals surface area (Å²) in [6.45, 7) is 0. The Morgan fingerprint density at radius 3 is 2.64 bits per heavy atom. The van der Waals surface area contributed by atoms with Crippen molar-refractivity contribution in [2.24, 2.45) is 0 Å². The van der Waals surface area contributed by atoms with Crippen LogP contribution in [0.3, 0.4) is 0 Å². The molecular formula is C16H9ClF2N2O. The van der Waals surface area contributed by atoms with Crippen LogP contribution in [0.1, 0.15) is 5.56 Å². The second kappa shape index (κ2) is 6.83. The number of benzene rings is 2. The number of carbonyl (C=O) groups excluding carboxylic acids is 1. The molecule has 6 heteroatoms. The van der Waals surface area contributed by atoms with E-state index in [9.17, 15) is 13.6 Å². The molecular weight excluding hydrogens is 310 g/mol. The highest BCUT2D eigenvalue weighted by Gasteiger charge is 2.11. The summed E-state index contributed by atoms with van der Waals surface area (Å²) in [5.41, 5.74) is 0.409. The Morgan fingerprint density at radius 1 is 1.23 bits per heavy atom. The van der Waals surface area contributed by atoms with Crippen molar-refractivity contribution in [2.75, 3.05) is 5.32 Å². The van der Waals surface area contributed by atoms with Gasteiger partial charge in [0.15, 0.2) is 0 Å². The zero-order valence-corrected chi connectivity index (χ0v) is 11.9. The monoisotopic (exact) mass is 318 g/mol. The van der Waals surface area contributed by atoms with Gasteiger partial charge in [-0.25, -0.2) is 8.78 Å². The maximum atomic E-state index is 13.1. The first-order chi connectivity index (χ1) is 10.5. The number of hydrogen-bond donors (Lipinski definition) is 1. The summed E-state index contributed by atoms with van der Waals surface area (Å²) in [4.78, 5) is 12.0. The highest BCUT2D eigenvalue weighted by Crippen LogP contribution is 2.20. The summed E-state index contributed by atoms with van der Waals surface area (Å²) in [6, 6.07) is 10.8. The van der Waals surface area contributed by atoms with E-state index in [1.807, 2.05) is 0 Å². The molecule has 2 aromatic rings. The molecule has 0 saturated carbocycles. The standard InChI is InChI=1S/C16H9ClF2N2O/c17-14-8-13(4-5-15(14)19)21-16(22)11(9-20)6-10-2-1-3-12(18)7-10/h1-8H,(H,21,22)/b11-6+. The van der Waals surface area contributed by atoms with Gasteiger partial charge in [-0.2, -0.15) is 5.26 Å². The topological polar surface area (TPSA) is 52.9 Å². The van der Waals surface area contributed by atoms with Gasteiger partial charge in [-0.05, 0) is 42.0 Å². The van der Waals surface area contributed by atoms with Crippen molar-refractivity contribution in [1.29, 1.82) is 5.26 Å². The fourth-order valence-corrected chi connectivity index (χ4v) is 1.86. The molecule has 0 atom stereocenters. The summed E-state index contributed by atoms with van der Waals surface area (Å²) in [5.74, 6) is -1.79. The minimum Gasteiger partial charge on any atom is -0.321 e. The van der Waals surface area contributed by atoms with E-state index in [-0.39, 0.29) is 16.3 Å². The van der Waals surface area contributed by atoms with Crippen molar-refractivity contribution in [2.45, 2.75) is 0 Å². The Labute approximate surface area is 130 Å². The van der Waals surface area contributed by atoms with E-state index >= 15 is 0 Å². The summed E-state index contributed by atoms with van der Waals surface area (Å²) < 4.78 is 26.1. The van der Waals surface area contributed by atoms with Crippen molar-refractivity contribution >= 4 is 29.3 Å². The van der Waals surface area contributed by atoms with Crippen LogP contribution < -0.4 is 5.32 Å². The number of anilines is 1. The lowest BCUT2D eigenvalue weighted by Crippen LogP contribution is -2.13. The van der Waals surface area contributed by atoms with Crippen molar-refractivity contribution in [3.05, 3.63) is 70.3 Å². The molecule has 0 aromatic heterocycles. The fourth-order valence-electron chi connectivity index (χ4n) is 1.68. The SMILES string of the molecule is N#C/C(=C\c1cccc(F)c1)C(=O)Nc1ccc(F)c(Cl)c1. The zero-order valence-electron chi connectivity index (χ0n) is 11.1. The molecule has 0 aliphatic rings. The predicted octanol–water partition coefficient (Wildman–Crippen LogP) is 4.16. The van der Waals surface area contributed by atoms with E-state index in [1.54, 1.807) is 12.1 Å². The number of carbonyl (C=O) groups is 1. The average Bonchev–Trinajstić information content (AvgIpc) is 2.48. The van der Waals surface area contributed by atoms with E-state index in [1.165, 1.54) is 36.4 Å². The van der Waals surface area contributed by atoms with Gasteiger partial charge in [0, 0.05) is 5.69 Å². The number of nitriles is 1. The quantitative estimate of drug-likeness (QED) is 0.682. The van der Waals surface area contributed by atoms with Crippen LogP contribution in [0.25, 0.3) is 6.08 Å². The van der Waals surface area contributed by atoms with E-state index in [4.69, 9.17) is 16.9 Å². The molecule has 0 unspecified atom stereocenters. The van der Waals surface area contributed by atoms with Gasteiger partial charge in [0.1, 0.15) is 23.3 Å². The molecule has 0 spiro atoms. The smallest absolute Gasteiger partial charge is 0.266 e. The zero-order chi connectivity index (χ0) is 16.1. The van der Waals surface area contributed by atoms with Crippen LogP contribution in [0.2, 0.25) is 5.02 Å². The predicted molar refractivity (Wildman–Crippen MR) is 80.0 cm³/mol. The lowest BCUT2D eigenvalue weighted by Gasteiger charge is -2.05. The Balaban J connectivity index is 2.22. The number of nitrogens with one attached hydrogen (secondary N) is 1. The third-order valence-electron chi connectivity index (χ3n) is 2.70. The first-order valence-corrected chi connectivity index (χ1v) is 6.51. The minimum absolute atomic E-state index is 0.148. The van der Waals surface area contributed by atoms with Crippen molar-refractivity contribution in [3.8, 4) is 6.07 Å². The van der Waals surface area contributed by atoms with Crippen LogP contribution >= 0.6 is 11.6 Å². The third kappa shape index (κ3) is 3.90. The second-order valence-corrected chi connectivity index (χ2v) is 4.72. The Kier molecular flexibility index (Phi) is 4.87. The molecule has 3 nitrogen and oxygen atoms in total. The van der Waals surface area contributed by atoms with Crippen LogP contribution in [0, 0.1) is 23.0 Å². The maximum absolute atomic E-state index is 13.1. The molecule has 0 heterocycles. The van der Waals surface area contributed by atoms with Gasteiger partial charge in [-0.3, -0.25) is 4.79 Å². The first kappa shape index (κ1) is 15.7. The number of nitrogens with zero attached hydrogens (tertiary/aromatic N) is 1. The van der Waals surface area contributed by atoms with Crippen LogP contribution in [-0.4, -0.2) is 5.91 Å². The number of rotatable bonds is 3. The highest BCUT2D eigenvalue weighted by molar-refractivity contribution is 6.31. The summed E-state index contributed by atoms with van der Waals surface area (Å²) in [7, 11) is 0. The highest BCUT2D eigenvalue weighted by atomic mass is 35.5. The molecule has 1 amide bonds. The number of hydrogen-bond acceptors (Lipinski definition) is 2. The van der Waals surface area contributed by atoms with E-state index in [0.29, 0.717) is 5.56 Å². The Morgan fingerprint density at radius 2 is 2.00 bits per heavy atom. The van der Waals surface area contributed by atoms with Gasteiger partial charge in [0.2, 0.25) is 0 Å². The minimum atomic E-state index is -0.700. The molecule has 110 valence electrons. The summed E-state index contributed by atoms with van der Waals surface area (Å²) in [6.07, 6.45) is 1.25. The molecule has 0 fully saturated rings. The lowest BCUT2D eigenvalue weighted by atomic mass is 10.1. The van der Waals surface area contributed by atoms with E-state index in [2.05, 4.69) is 5.32 Å². The number of amides is 1. The summed E-state index contributed by atoms with van der Waals surface area (Å²) >= 11 is 5.61. The van der Waals surface area contributed by atoms with Crippen LogP contribution in [0.15, 0.2) is 48.0 Å². The molecule has 2 rings (SSSR count). The third-order valence-corrected chi connectivity index (χ3v) is 2.99. The molecule has 0 aliphatic heterocycles. The van der Waals surface area contributed by atoms with Crippen LogP contribution in [-0.2, 0) is 4.79 Å². The molecule has 22 heavy (non-hydrogen) atoms. The van der Waals surface area contributed by atoms with Gasteiger partial charge in [0.25, 0.3) is 5.91 Å². The van der Waals surface area contributed by atoms with Crippen molar-refractivity contribution in [3.63, 3.8) is 0 Å². The molecule has 1 N–H and O–H groups in total. The molecule has 0 bridgehead atoms.